The number of likely N-dealkylation sites (N-methyl/N-ethyl adjacent to an activating group) is 1. The summed E-state index contributed by atoms with van der Waals surface area (Å²) in [6.07, 6.45) is 2.26. The molecule has 0 bridgehead atoms. The van der Waals surface area contributed by atoms with Gasteiger partial charge in [0, 0.05) is 30.3 Å². The molecule has 1 heterocycles. The number of primary amides is 1. The summed E-state index contributed by atoms with van der Waals surface area (Å²) in [4.78, 5) is 25.5. The van der Waals surface area contributed by atoms with Gasteiger partial charge in [-0.3, -0.25) is 9.59 Å². The van der Waals surface area contributed by atoms with Crippen molar-refractivity contribution < 1.29 is 9.59 Å². The zero-order valence-corrected chi connectivity index (χ0v) is 11.8. The van der Waals surface area contributed by atoms with E-state index in [0.717, 1.165) is 19.4 Å². The number of amides is 2. The molecule has 1 aliphatic rings. The maximum absolute atomic E-state index is 12.5. The summed E-state index contributed by atoms with van der Waals surface area (Å²) in [5.41, 5.74) is 6.13. The SMILES string of the molecule is CCN(CC1CCCN1)C(=O)c1cccc(C(N)=O)c1. The third-order valence-corrected chi connectivity index (χ3v) is 3.67. The maximum atomic E-state index is 12.5. The van der Waals surface area contributed by atoms with Crippen LogP contribution in [0.1, 0.15) is 40.5 Å². The second kappa shape index (κ2) is 6.52. The molecule has 20 heavy (non-hydrogen) atoms. The van der Waals surface area contributed by atoms with E-state index in [0.29, 0.717) is 30.3 Å². The lowest BCUT2D eigenvalue weighted by atomic mass is 10.1. The van der Waals surface area contributed by atoms with Gasteiger partial charge in [0.2, 0.25) is 5.91 Å². The zero-order chi connectivity index (χ0) is 14.5. The molecule has 0 aromatic heterocycles. The van der Waals surface area contributed by atoms with Crippen LogP contribution in [0.4, 0.5) is 0 Å². The average Bonchev–Trinajstić information content (AvgIpc) is 2.97. The number of hydrogen-bond donors (Lipinski definition) is 2. The van der Waals surface area contributed by atoms with Crippen molar-refractivity contribution in [2.75, 3.05) is 19.6 Å². The van der Waals surface area contributed by atoms with Crippen molar-refractivity contribution in [1.29, 1.82) is 0 Å². The Hall–Kier alpha value is -1.88. The number of rotatable bonds is 5. The van der Waals surface area contributed by atoms with Crippen molar-refractivity contribution in [2.24, 2.45) is 5.73 Å². The molecule has 1 aromatic rings. The molecular weight excluding hydrogens is 254 g/mol. The maximum Gasteiger partial charge on any atom is 0.253 e. The first kappa shape index (κ1) is 14.5. The molecule has 2 rings (SSSR count). The van der Waals surface area contributed by atoms with Crippen molar-refractivity contribution in [3.63, 3.8) is 0 Å². The van der Waals surface area contributed by atoms with E-state index in [1.54, 1.807) is 24.3 Å². The Kier molecular flexibility index (Phi) is 4.74. The Labute approximate surface area is 119 Å². The van der Waals surface area contributed by atoms with Gasteiger partial charge in [-0.15, -0.1) is 0 Å². The quantitative estimate of drug-likeness (QED) is 0.841. The Bertz CT molecular complexity index is 496. The van der Waals surface area contributed by atoms with Gasteiger partial charge in [-0.25, -0.2) is 0 Å². The first-order valence-electron chi connectivity index (χ1n) is 7.04. The molecule has 1 saturated heterocycles. The third kappa shape index (κ3) is 3.36. The first-order chi connectivity index (χ1) is 9.61. The summed E-state index contributed by atoms with van der Waals surface area (Å²) >= 11 is 0. The predicted molar refractivity (Wildman–Crippen MR) is 77.6 cm³/mol. The van der Waals surface area contributed by atoms with Crippen LogP contribution in [-0.2, 0) is 0 Å². The number of hydrogen-bond acceptors (Lipinski definition) is 3. The highest BCUT2D eigenvalue weighted by molar-refractivity contribution is 5.99. The van der Waals surface area contributed by atoms with Gasteiger partial charge in [-0.2, -0.15) is 0 Å². The number of benzene rings is 1. The molecule has 1 aliphatic heterocycles. The Morgan fingerprint density at radius 2 is 2.15 bits per heavy atom. The molecule has 3 N–H and O–H groups in total. The van der Waals surface area contributed by atoms with Gasteiger partial charge >= 0.3 is 0 Å². The van der Waals surface area contributed by atoms with Gasteiger partial charge in [-0.05, 0) is 44.5 Å². The minimum Gasteiger partial charge on any atom is -0.366 e. The number of nitrogens with two attached hydrogens (primary N) is 1. The fraction of sp³-hybridized carbons (Fsp3) is 0.467. The molecule has 0 spiro atoms. The summed E-state index contributed by atoms with van der Waals surface area (Å²) in [6, 6.07) is 6.97. The van der Waals surface area contributed by atoms with E-state index >= 15 is 0 Å². The van der Waals surface area contributed by atoms with Crippen LogP contribution in [0.2, 0.25) is 0 Å². The molecule has 1 fully saturated rings. The number of nitrogens with one attached hydrogen (secondary N) is 1. The van der Waals surface area contributed by atoms with Crippen LogP contribution in [0, 0.1) is 0 Å². The van der Waals surface area contributed by atoms with E-state index in [1.807, 2.05) is 11.8 Å². The normalized spacial score (nSPS) is 17.9. The van der Waals surface area contributed by atoms with Gasteiger partial charge in [0.1, 0.15) is 0 Å². The minimum atomic E-state index is -0.514. The van der Waals surface area contributed by atoms with Crippen molar-refractivity contribution in [2.45, 2.75) is 25.8 Å². The lowest BCUT2D eigenvalue weighted by Gasteiger charge is -2.24. The van der Waals surface area contributed by atoms with E-state index in [2.05, 4.69) is 5.32 Å². The number of nitrogens with zero attached hydrogens (tertiary/aromatic N) is 1. The van der Waals surface area contributed by atoms with Crippen LogP contribution in [0.15, 0.2) is 24.3 Å². The Balaban J connectivity index is 2.10. The van der Waals surface area contributed by atoms with Gasteiger partial charge < -0.3 is 16.0 Å². The topological polar surface area (TPSA) is 75.4 Å². The molecule has 2 amide bonds. The monoisotopic (exact) mass is 275 g/mol. The molecule has 1 atom stereocenters. The largest absolute Gasteiger partial charge is 0.366 e. The van der Waals surface area contributed by atoms with Crippen molar-refractivity contribution in [1.82, 2.24) is 10.2 Å². The van der Waals surface area contributed by atoms with Crippen LogP contribution in [0.5, 0.6) is 0 Å². The zero-order valence-electron chi connectivity index (χ0n) is 11.8. The van der Waals surface area contributed by atoms with E-state index < -0.39 is 5.91 Å². The molecule has 5 nitrogen and oxygen atoms in total. The fourth-order valence-electron chi connectivity index (χ4n) is 2.52. The lowest BCUT2D eigenvalue weighted by Crippen LogP contribution is -2.41. The molecule has 108 valence electrons. The van der Waals surface area contributed by atoms with Crippen molar-refractivity contribution in [3.8, 4) is 0 Å². The standard InChI is InChI=1S/C15H21N3O2/c1-2-18(10-13-7-4-8-17-13)15(20)12-6-3-5-11(9-12)14(16)19/h3,5-6,9,13,17H,2,4,7-8,10H2,1H3,(H2,16,19). The van der Waals surface area contributed by atoms with Crippen LogP contribution in [-0.4, -0.2) is 42.4 Å². The predicted octanol–water partition coefficient (Wildman–Crippen LogP) is 1.000. The summed E-state index contributed by atoms with van der Waals surface area (Å²) in [6.45, 7) is 4.34. The number of carbonyl (C=O) groups is 2. The van der Waals surface area contributed by atoms with E-state index in [9.17, 15) is 9.59 Å². The van der Waals surface area contributed by atoms with Gasteiger partial charge in [0.25, 0.3) is 5.91 Å². The Morgan fingerprint density at radius 3 is 2.75 bits per heavy atom. The summed E-state index contributed by atoms with van der Waals surface area (Å²) in [5.74, 6) is -0.565. The average molecular weight is 275 g/mol. The highest BCUT2D eigenvalue weighted by Crippen LogP contribution is 2.12. The summed E-state index contributed by atoms with van der Waals surface area (Å²) in [7, 11) is 0. The summed E-state index contributed by atoms with van der Waals surface area (Å²) < 4.78 is 0. The fourth-order valence-corrected chi connectivity index (χ4v) is 2.52. The van der Waals surface area contributed by atoms with Crippen LogP contribution < -0.4 is 11.1 Å². The Morgan fingerprint density at radius 1 is 1.40 bits per heavy atom. The van der Waals surface area contributed by atoms with Crippen molar-refractivity contribution in [3.05, 3.63) is 35.4 Å². The second-order valence-electron chi connectivity index (χ2n) is 5.08. The van der Waals surface area contributed by atoms with Gasteiger partial charge in [-0.1, -0.05) is 6.07 Å². The molecular formula is C15H21N3O2. The summed E-state index contributed by atoms with van der Waals surface area (Å²) in [5, 5.41) is 3.39. The highest BCUT2D eigenvalue weighted by atomic mass is 16.2. The number of carbonyl (C=O) groups excluding carboxylic acids is 2. The lowest BCUT2D eigenvalue weighted by molar-refractivity contribution is 0.0751. The van der Waals surface area contributed by atoms with E-state index in [-0.39, 0.29) is 5.91 Å². The minimum absolute atomic E-state index is 0.0516. The van der Waals surface area contributed by atoms with Gasteiger partial charge in [0.05, 0.1) is 0 Å². The first-order valence-corrected chi connectivity index (χ1v) is 7.04. The molecule has 0 radical (unpaired) electrons. The van der Waals surface area contributed by atoms with Crippen LogP contribution in [0.3, 0.4) is 0 Å². The van der Waals surface area contributed by atoms with E-state index in [1.165, 1.54) is 0 Å². The molecule has 1 aromatic carbocycles. The second-order valence-corrected chi connectivity index (χ2v) is 5.08. The molecule has 5 heteroatoms. The molecule has 0 aliphatic carbocycles. The van der Waals surface area contributed by atoms with Gasteiger partial charge in [0.15, 0.2) is 0 Å². The third-order valence-electron chi connectivity index (χ3n) is 3.67. The van der Waals surface area contributed by atoms with Crippen LogP contribution in [0.25, 0.3) is 0 Å². The smallest absolute Gasteiger partial charge is 0.253 e. The van der Waals surface area contributed by atoms with Crippen molar-refractivity contribution >= 4 is 11.8 Å². The van der Waals surface area contributed by atoms with Crippen LogP contribution >= 0.6 is 0 Å². The van der Waals surface area contributed by atoms with E-state index in [4.69, 9.17) is 5.73 Å². The molecule has 1 unspecified atom stereocenters. The molecule has 0 saturated carbocycles. The highest BCUT2D eigenvalue weighted by Gasteiger charge is 2.21.